The Morgan fingerprint density at radius 1 is 0.971 bits per heavy atom. The van der Waals surface area contributed by atoms with E-state index >= 15 is 0 Å². The maximum Gasteiger partial charge on any atom is 0.255 e. The highest BCUT2D eigenvalue weighted by molar-refractivity contribution is 6.40. The Balaban J connectivity index is 1.48. The zero-order chi connectivity index (χ0) is 25.1. The standard InChI is InChI=1S/C27H24Cl3N3O2/c1-16-7-4-5-9-21(16)14-33-18(3)25(17(2)32-33)31-27(34)20-10-6-8-19(11-20)15-35-26-23(29)12-22(28)13-24(26)30/h4-13H,14-15H2,1-3H3,(H,31,34). The molecule has 180 valence electrons. The van der Waals surface area contributed by atoms with Crippen LogP contribution >= 0.6 is 34.8 Å². The van der Waals surface area contributed by atoms with E-state index in [0.717, 1.165) is 17.0 Å². The van der Waals surface area contributed by atoms with Gasteiger partial charge in [-0.25, -0.2) is 0 Å². The minimum Gasteiger partial charge on any atom is -0.486 e. The average Bonchev–Trinajstić information content (AvgIpc) is 3.07. The molecule has 0 bridgehead atoms. The number of nitrogens with one attached hydrogen (secondary N) is 1. The smallest absolute Gasteiger partial charge is 0.255 e. The van der Waals surface area contributed by atoms with Gasteiger partial charge in [-0.15, -0.1) is 0 Å². The molecule has 3 aromatic carbocycles. The highest BCUT2D eigenvalue weighted by Crippen LogP contribution is 2.36. The van der Waals surface area contributed by atoms with Crippen molar-refractivity contribution >= 4 is 46.4 Å². The fraction of sp³-hybridized carbons (Fsp3) is 0.185. The summed E-state index contributed by atoms with van der Waals surface area (Å²) in [4.78, 5) is 13.1. The van der Waals surface area contributed by atoms with Gasteiger partial charge in [0.25, 0.3) is 5.91 Å². The molecule has 0 aliphatic rings. The molecule has 1 N–H and O–H groups in total. The van der Waals surface area contributed by atoms with Crippen LogP contribution in [0, 0.1) is 20.8 Å². The summed E-state index contributed by atoms with van der Waals surface area (Å²) in [5, 5.41) is 8.74. The Morgan fingerprint density at radius 2 is 1.69 bits per heavy atom. The van der Waals surface area contributed by atoms with Crippen molar-refractivity contribution in [2.45, 2.75) is 33.9 Å². The van der Waals surface area contributed by atoms with Crippen molar-refractivity contribution in [1.29, 1.82) is 0 Å². The molecule has 0 unspecified atom stereocenters. The lowest BCUT2D eigenvalue weighted by atomic mass is 10.1. The lowest BCUT2D eigenvalue weighted by Gasteiger charge is -2.12. The highest BCUT2D eigenvalue weighted by atomic mass is 35.5. The zero-order valence-electron chi connectivity index (χ0n) is 19.5. The van der Waals surface area contributed by atoms with Crippen molar-refractivity contribution in [3.63, 3.8) is 0 Å². The van der Waals surface area contributed by atoms with Gasteiger partial charge in [-0.3, -0.25) is 9.48 Å². The van der Waals surface area contributed by atoms with Crippen molar-refractivity contribution in [3.05, 3.63) is 109 Å². The first-order valence-electron chi connectivity index (χ1n) is 11.0. The number of anilines is 1. The van der Waals surface area contributed by atoms with Crippen LogP contribution in [0.2, 0.25) is 15.1 Å². The zero-order valence-corrected chi connectivity index (χ0v) is 21.8. The van der Waals surface area contributed by atoms with Gasteiger partial charge < -0.3 is 10.1 Å². The second-order valence-electron chi connectivity index (χ2n) is 8.27. The van der Waals surface area contributed by atoms with Gasteiger partial charge in [-0.05, 0) is 61.7 Å². The van der Waals surface area contributed by atoms with Gasteiger partial charge in [0.1, 0.15) is 6.61 Å². The van der Waals surface area contributed by atoms with Gasteiger partial charge in [0.05, 0.1) is 33.7 Å². The fourth-order valence-electron chi connectivity index (χ4n) is 3.79. The molecule has 0 aliphatic carbocycles. The van der Waals surface area contributed by atoms with Gasteiger partial charge in [0.2, 0.25) is 0 Å². The second-order valence-corrected chi connectivity index (χ2v) is 9.52. The largest absolute Gasteiger partial charge is 0.486 e. The number of benzene rings is 3. The van der Waals surface area contributed by atoms with Gasteiger partial charge in [-0.2, -0.15) is 5.10 Å². The first-order valence-corrected chi connectivity index (χ1v) is 12.1. The Hall–Kier alpha value is -2.99. The maximum atomic E-state index is 13.1. The Bertz CT molecular complexity index is 1380. The van der Waals surface area contributed by atoms with Crippen LogP contribution in [0.15, 0.2) is 60.7 Å². The summed E-state index contributed by atoms with van der Waals surface area (Å²) in [6.45, 7) is 6.75. The highest BCUT2D eigenvalue weighted by Gasteiger charge is 2.17. The third kappa shape index (κ3) is 5.81. The Morgan fingerprint density at radius 3 is 2.40 bits per heavy atom. The van der Waals surface area contributed by atoms with Gasteiger partial charge >= 0.3 is 0 Å². The number of hydrogen-bond donors (Lipinski definition) is 1. The Labute approximate surface area is 219 Å². The summed E-state index contributed by atoms with van der Waals surface area (Å²) in [6.07, 6.45) is 0. The van der Waals surface area contributed by atoms with Crippen LogP contribution in [0.25, 0.3) is 0 Å². The number of aryl methyl sites for hydroxylation is 2. The maximum absolute atomic E-state index is 13.1. The number of aromatic nitrogens is 2. The molecule has 0 fully saturated rings. The molecular formula is C27H24Cl3N3O2. The first kappa shape index (κ1) is 25.1. The van der Waals surface area contributed by atoms with E-state index in [0.29, 0.717) is 38.6 Å². The van der Waals surface area contributed by atoms with Gasteiger partial charge in [0, 0.05) is 10.6 Å². The molecule has 0 spiro atoms. The number of amides is 1. The van der Waals surface area contributed by atoms with E-state index in [4.69, 9.17) is 39.5 Å². The van der Waals surface area contributed by atoms with Crippen molar-refractivity contribution < 1.29 is 9.53 Å². The van der Waals surface area contributed by atoms with Crippen molar-refractivity contribution in [2.75, 3.05) is 5.32 Å². The summed E-state index contributed by atoms with van der Waals surface area (Å²) in [6, 6.07) is 18.5. The summed E-state index contributed by atoms with van der Waals surface area (Å²) < 4.78 is 7.72. The van der Waals surface area contributed by atoms with Crippen LogP contribution in [-0.2, 0) is 13.2 Å². The molecule has 35 heavy (non-hydrogen) atoms. The number of hydrogen-bond acceptors (Lipinski definition) is 3. The quantitative estimate of drug-likeness (QED) is 0.268. The fourth-order valence-corrected chi connectivity index (χ4v) is 4.72. The van der Waals surface area contributed by atoms with E-state index in [2.05, 4.69) is 29.5 Å². The first-order chi connectivity index (χ1) is 16.7. The topological polar surface area (TPSA) is 56.2 Å². The molecule has 1 heterocycles. The monoisotopic (exact) mass is 527 g/mol. The number of halogens is 3. The molecule has 1 aromatic heterocycles. The predicted molar refractivity (Wildman–Crippen MR) is 142 cm³/mol. The number of ether oxygens (including phenoxy) is 1. The minimum absolute atomic E-state index is 0.189. The number of rotatable bonds is 7. The normalized spacial score (nSPS) is 10.9. The van der Waals surface area contributed by atoms with Crippen LogP contribution in [0.4, 0.5) is 5.69 Å². The van der Waals surface area contributed by atoms with Crippen molar-refractivity contribution in [2.24, 2.45) is 0 Å². The molecule has 0 aliphatic heterocycles. The molecular weight excluding hydrogens is 505 g/mol. The van der Waals surface area contributed by atoms with Crippen molar-refractivity contribution in [1.82, 2.24) is 9.78 Å². The van der Waals surface area contributed by atoms with Crippen LogP contribution in [-0.4, -0.2) is 15.7 Å². The minimum atomic E-state index is -0.226. The van der Waals surface area contributed by atoms with E-state index in [1.807, 2.05) is 36.7 Å². The molecule has 5 nitrogen and oxygen atoms in total. The third-order valence-corrected chi connectivity index (χ3v) is 6.52. The van der Waals surface area contributed by atoms with Crippen molar-refractivity contribution in [3.8, 4) is 5.75 Å². The second kappa shape index (κ2) is 10.7. The molecule has 4 rings (SSSR count). The molecule has 0 atom stereocenters. The predicted octanol–water partition coefficient (Wildman–Crippen LogP) is 7.65. The lowest BCUT2D eigenvalue weighted by molar-refractivity contribution is 0.102. The summed E-state index contributed by atoms with van der Waals surface area (Å²) in [5.41, 5.74) is 6.05. The molecule has 0 saturated carbocycles. The molecule has 4 aromatic rings. The summed E-state index contributed by atoms with van der Waals surface area (Å²) in [7, 11) is 0. The number of carbonyl (C=O) groups excluding carboxylic acids is 1. The number of nitrogens with zero attached hydrogens (tertiary/aromatic N) is 2. The Kier molecular flexibility index (Phi) is 7.70. The van der Waals surface area contributed by atoms with E-state index in [-0.39, 0.29) is 12.5 Å². The van der Waals surface area contributed by atoms with Crippen LogP contribution in [0.1, 0.15) is 38.4 Å². The average molecular weight is 529 g/mol. The lowest BCUT2D eigenvalue weighted by Crippen LogP contribution is -2.14. The molecule has 8 heteroatoms. The van der Waals surface area contributed by atoms with Crippen LogP contribution in [0.3, 0.4) is 0 Å². The van der Waals surface area contributed by atoms with Crippen LogP contribution < -0.4 is 10.1 Å². The van der Waals surface area contributed by atoms with E-state index in [1.165, 1.54) is 11.1 Å². The summed E-state index contributed by atoms with van der Waals surface area (Å²) >= 11 is 18.4. The van der Waals surface area contributed by atoms with E-state index in [1.54, 1.807) is 30.3 Å². The molecule has 0 saturated heterocycles. The summed E-state index contributed by atoms with van der Waals surface area (Å²) in [5.74, 6) is 0.121. The molecule has 0 radical (unpaired) electrons. The van der Waals surface area contributed by atoms with E-state index < -0.39 is 0 Å². The molecule has 1 amide bonds. The third-order valence-electron chi connectivity index (χ3n) is 5.74. The van der Waals surface area contributed by atoms with Crippen LogP contribution in [0.5, 0.6) is 5.75 Å². The van der Waals surface area contributed by atoms with Gasteiger partial charge in [0.15, 0.2) is 5.75 Å². The van der Waals surface area contributed by atoms with E-state index in [9.17, 15) is 4.79 Å². The SMILES string of the molecule is Cc1ccccc1Cn1nc(C)c(NC(=O)c2cccc(COc3c(Cl)cc(Cl)cc3Cl)c2)c1C. The number of carbonyl (C=O) groups is 1. The van der Waals surface area contributed by atoms with Gasteiger partial charge in [-0.1, -0.05) is 71.2 Å².